The van der Waals surface area contributed by atoms with E-state index < -0.39 is 8.60 Å². The van der Waals surface area contributed by atoms with E-state index in [1.165, 1.54) is 0 Å². The van der Waals surface area contributed by atoms with Gasteiger partial charge < -0.3 is 0 Å². The maximum absolute atomic E-state index is 5.78. The smallest absolute Gasteiger partial charge is 0.292 e. The maximum Gasteiger partial charge on any atom is 0.596 e. The number of fused-ring (bicyclic) bond motifs is 3. The Morgan fingerprint density at radius 3 is 1.26 bits per heavy atom. The SMILES string of the molecule is c1cnc2c(c1)nnn2OP(On1nnc2cccnc21)On1nnc2cccnc21. The standard InChI is InChI=1S/C15H9N12O3P/c1-4-10-13(16-7-1)25(22-19-10)28-31(29-26-14-11(20-23-26)5-2-8-17-14)30-27-15-12(21-24-27)6-3-9-18-15/h1-9H. The molecular formula is C15H9N12O3P. The van der Waals surface area contributed by atoms with Crippen LogP contribution in [0.2, 0.25) is 0 Å². The van der Waals surface area contributed by atoms with Crippen molar-refractivity contribution in [2.45, 2.75) is 0 Å². The second-order valence-electron chi connectivity index (χ2n) is 5.89. The normalized spacial score (nSPS) is 11.5. The van der Waals surface area contributed by atoms with Crippen LogP contribution >= 0.6 is 8.60 Å². The molecule has 15 nitrogen and oxygen atoms in total. The van der Waals surface area contributed by atoms with Crippen molar-refractivity contribution in [2.75, 3.05) is 0 Å². The average molecular weight is 436 g/mol. The molecule has 0 aliphatic rings. The van der Waals surface area contributed by atoms with Crippen molar-refractivity contribution in [2.24, 2.45) is 0 Å². The molecule has 31 heavy (non-hydrogen) atoms. The van der Waals surface area contributed by atoms with Gasteiger partial charge >= 0.3 is 8.60 Å². The second kappa shape index (κ2) is 7.07. The summed E-state index contributed by atoms with van der Waals surface area (Å²) in [6.07, 6.45) is 4.75. The van der Waals surface area contributed by atoms with E-state index in [1.54, 1.807) is 55.0 Å². The second-order valence-corrected chi connectivity index (χ2v) is 6.83. The van der Waals surface area contributed by atoms with E-state index in [1.807, 2.05) is 0 Å². The van der Waals surface area contributed by atoms with E-state index in [-0.39, 0.29) is 0 Å². The van der Waals surface area contributed by atoms with Gasteiger partial charge in [0.1, 0.15) is 16.6 Å². The van der Waals surface area contributed by atoms with Crippen molar-refractivity contribution >= 4 is 42.1 Å². The van der Waals surface area contributed by atoms with Crippen molar-refractivity contribution in [1.82, 2.24) is 60.4 Å². The molecule has 0 saturated carbocycles. The highest BCUT2D eigenvalue weighted by Gasteiger charge is 2.27. The lowest BCUT2D eigenvalue weighted by Gasteiger charge is -2.14. The Bertz CT molecular complexity index is 1330. The Kier molecular flexibility index (Phi) is 3.96. The van der Waals surface area contributed by atoms with Crippen LogP contribution in [0.15, 0.2) is 55.0 Å². The van der Waals surface area contributed by atoms with Crippen LogP contribution in [-0.4, -0.2) is 60.4 Å². The summed E-state index contributed by atoms with van der Waals surface area (Å²) in [5, 5.41) is 23.8. The first-order chi connectivity index (χ1) is 15.3. The molecule has 0 unspecified atom stereocenters. The maximum atomic E-state index is 5.78. The quantitative estimate of drug-likeness (QED) is 0.323. The molecular weight excluding hydrogens is 427 g/mol. The Balaban J connectivity index is 1.37. The molecule has 0 radical (unpaired) electrons. The number of nitrogens with zero attached hydrogens (tertiary/aromatic N) is 12. The van der Waals surface area contributed by atoms with Gasteiger partial charge in [0, 0.05) is 18.6 Å². The number of rotatable bonds is 6. The fraction of sp³-hybridized carbons (Fsp3) is 0. The van der Waals surface area contributed by atoms with Crippen LogP contribution in [0.4, 0.5) is 0 Å². The first-order valence-electron chi connectivity index (χ1n) is 8.70. The fourth-order valence-corrected chi connectivity index (χ4v) is 3.43. The van der Waals surface area contributed by atoms with Gasteiger partial charge in [-0.25, -0.2) is 15.0 Å². The van der Waals surface area contributed by atoms with Crippen LogP contribution in [0.25, 0.3) is 33.5 Å². The van der Waals surface area contributed by atoms with E-state index in [0.29, 0.717) is 33.5 Å². The lowest BCUT2D eigenvalue weighted by atomic mass is 10.4. The van der Waals surface area contributed by atoms with Gasteiger partial charge in [0.25, 0.3) is 0 Å². The molecule has 0 fully saturated rings. The summed E-state index contributed by atoms with van der Waals surface area (Å²) in [5.41, 5.74) is 2.68. The number of hydrogen-bond donors (Lipinski definition) is 0. The third kappa shape index (κ3) is 3.08. The Morgan fingerprint density at radius 2 is 0.903 bits per heavy atom. The van der Waals surface area contributed by atoms with Gasteiger partial charge in [0.15, 0.2) is 0 Å². The van der Waals surface area contributed by atoms with E-state index in [0.717, 1.165) is 14.5 Å². The zero-order valence-electron chi connectivity index (χ0n) is 15.2. The van der Waals surface area contributed by atoms with E-state index >= 15 is 0 Å². The van der Waals surface area contributed by atoms with Gasteiger partial charge in [-0.1, -0.05) is 0 Å². The highest BCUT2D eigenvalue weighted by molar-refractivity contribution is 7.42. The van der Waals surface area contributed by atoms with E-state index in [4.69, 9.17) is 13.9 Å². The summed E-state index contributed by atoms with van der Waals surface area (Å²) in [4.78, 5) is 15.9. The first kappa shape index (κ1) is 17.3. The predicted octanol–water partition coefficient (Wildman–Crippen LogP) is 0.0188. The molecule has 0 aromatic carbocycles. The van der Waals surface area contributed by atoms with Crippen LogP contribution in [0.3, 0.4) is 0 Å². The summed E-state index contributed by atoms with van der Waals surface area (Å²) in [6.45, 7) is 0. The van der Waals surface area contributed by atoms with Crippen LogP contribution in [0, 0.1) is 0 Å². The van der Waals surface area contributed by atoms with E-state index in [2.05, 4.69) is 45.9 Å². The largest absolute Gasteiger partial charge is 0.596 e. The highest BCUT2D eigenvalue weighted by Crippen LogP contribution is 2.30. The Hall–Kier alpha value is -4.52. The Labute approximate surface area is 172 Å². The summed E-state index contributed by atoms with van der Waals surface area (Å²) >= 11 is 0. The monoisotopic (exact) mass is 436 g/mol. The molecule has 0 amide bonds. The molecule has 6 rings (SSSR count). The summed E-state index contributed by atoms with van der Waals surface area (Å²) in [6, 6.07) is 10.4. The summed E-state index contributed by atoms with van der Waals surface area (Å²) < 4.78 is 17.3. The molecule has 6 aromatic rings. The molecule has 0 aliphatic heterocycles. The zero-order chi connectivity index (χ0) is 20.6. The molecule has 0 aliphatic carbocycles. The van der Waals surface area contributed by atoms with Crippen LogP contribution in [0.5, 0.6) is 0 Å². The van der Waals surface area contributed by atoms with Crippen molar-refractivity contribution < 1.29 is 13.9 Å². The van der Waals surface area contributed by atoms with Crippen molar-refractivity contribution in [3.8, 4) is 0 Å². The van der Waals surface area contributed by atoms with Gasteiger partial charge in [-0.2, -0.15) is 0 Å². The molecule has 152 valence electrons. The predicted molar refractivity (Wildman–Crippen MR) is 103 cm³/mol. The molecule has 0 spiro atoms. The summed E-state index contributed by atoms with van der Waals surface area (Å²) in [7, 11) is -2.27. The fourth-order valence-electron chi connectivity index (χ4n) is 2.63. The highest BCUT2D eigenvalue weighted by atomic mass is 31.2. The third-order valence-electron chi connectivity index (χ3n) is 3.97. The molecule has 6 heterocycles. The molecule has 0 N–H and O–H groups in total. The zero-order valence-corrected chi connectivity index (χ0v) is 16.1. The van der Waals surface area contributed by atoms with Crippen LogP contribution < -0.4 is 13.9 Å². The van der Waals surface area contributed by atoms with Gasteiger partial charge in [0.05, 0.1) is 0 Å². The van der Waals surface area contributed by atoms with Crippen LogP contribution in [-0.2, 0) is 0 Å². The van der Waals surface area contributed by atoms with Crippen molar-refractivity contribution in [1.29, 1.82) is 0 Å². The molecule has 0 atom stereocenters. The molecule has 16 heteroatoms. The number of aromatic nitrogens is 12. The average Bonchev–Trinajstić information content (AvgIpc) is 3.52. The van der Waals surface area contributed by atoms with Crippen molar-refractivity contribution in [3.05, 3.63) is 55.0 Å². The van der Waals surface area contributed by atoms with Crippen molar-refractivity contribution in [3.63, 3.8) is 0 Å². The minimum absolute atomic E-state index is 0.366. The molecule has 0 bridgehead atoms. The Morgan fingerprint density at radius 1 is 0.548 bits per heavy atom. The minimum atomic E-state index is -2.27. The third-order valence-corrected chi connectivity index (χ3v) is 4.84. The number of pyridine rings is 3. The lowest BCUT2D eigenvalue weighted by Crippen LogP contribution is -2.24. The number of hydrogen-bond acceptors (Lipinski definition) is 12. The lowest BCUT2D eigenvalue weighted by molar-refractivity contribution is 0.101. The van der Waals surface area contributed by atoms with E-state index in [9.17, 15) is 0 Å². The van der Waals surface area contributed by atoms with Gasteiger partial charge in [-0.3, -0.25) is 13.9 Å². The first-order valence-corrected chi connectivity index (χ1v) is 9.79. The topological polar surface area (TPSA) is 158 Å². The molecule has 6 aromatic heterocycles. The van der Waals surface area contributed by atoms with Crippen LogP contribution in [0.1, 0.15) is 0 Å². The summed E-state index contributed by atoms with van der Waals surface area (Å²) in [5.74, 6) is 0. The minimum Gasteiger partial charge on any atom is -0.292 e. The molecule has 0 saturated heterocycles. The van der Waals surface area contributed by atoms with Gasteiger partial charge in [0.2, 0.25) is 16.9 Å². The van der Waals surface area contributed by atoms with Gasteiger partial charge in [-0.05, 0) is 66.6 Å². The van der Waals surface area contributed by atoms with Gasteiger partial charge in [-0.15, -0.1) is 15.3 Å².